The van der Waals surface area contributed by atoms with Crippen LogP contribution in [-0.2, 0) is 11.8 Å². The number of hydrogen-bond acceptors (Lipinski definition) is 6. The smallest absolute Gasteiger partial charge is 0.174 e. The van der Waals surface area contributed by atoms with Gasteiger partial charge in [0, 0.05) is 40.4 Å². The Hall–Kier alpha value is -2.77. The van der Waals surface area contributed by atoms with Crippen molar-refractivity contribution in [2.24, 2.45) is 0 Å². The van der Waals surface area contributed by atoms with E-state index in [2.05, 4.69) is 78.0 Å². The summed E-state index contributed by atoms with van der Waals surface area (Å²) in [5, 5.41) is 2.05. The number of nitrogens with one attached hydrogen (secondary N) is 1. The molecule has 0 bridgehead atoms. The van der Waals surface area contributed by atoms with E-state index in [9.17, 15) is 4.79 Å². The molecule has 7 heteroatoms. The summed E-state index contributed by atoms with van der Waals surface area (Å²) in [7, 11) is 0. The van der Waals surface area contributed by atoms with E-state index >= 15 is 0 Å². The summed E-state index contributed by atoms with van der Waals surface area (Å²) in [6.07, 6.45) is 7.95. The number of aryl methyl sites for hydroxylation is 2. The maximum atomic E-state index is 12.8. The molecule has 0 saturated heterocycles. The molecule has 4 heterocycles. The number of Topliss-reactive ketones (excluding diaryl/α,β-unsaturated/α-hetero) is 1. The normalized spacial score (nSPS) is 14.3. The fourth-order valence-corrected chi connectivity index (χ4v) is 6.15. The molecule has 0 fully saturated rings. The summed E-state index contributed by atoms with van der Waals surface area (Å²) in [5.74, 6) is 2.38. The summed E-state index contributed by atoms with van der Waals surface area (Å²) >= 11 is 3.48. The first-order valence-corrected chi connectivity index (χ1v) is 14.0. The molecule has 180 valence electrons. The minimum absolute atomic E-state index is 0.0331. The summed E-state index contributed by atoms with van der Waals surface area (Å²) in [6, 6.07) is 8.61. The van der Waals surface area contributed by atoms with Crippen LogP contribution in [0.2, 0.25) is 0 Å². The Bertz CT molecular complexity index is 1420. The summed E-state index contributed by atoms with van der Waals surface area (Å²) < 4.78 is 0. The van der Waals surface area contributed by atoms with Crippen LogP contribution in [0, 0.1) is 6.92 Å². The quantitative estimate of drug-likeness (QED) is 0.287. The maximum absolute atomic E-state index is 12.8. The number of aromatic amines is 1. The van der Waals surface area contributed by atoms with Crippen molar-refractivity contribution >= 4 is 45.5 Å². The molecule has 5 nitrogen and oxygen atoms in total. The first kappa shape index (κ1) is 23.9. The average molecular weight is 503 g/mol. The molecule has 0 amide bonds. The number of rotatable bonds is 6. The predicted octanol–water partition coefficient (Wildman–Crippen LogP) is 7.02. The van der Waals surface area contributed by atoms with Crippen LogP contribution < -0.4 is 0 Å². The number of hydrogen-bond donors (Lipinski definition) is 1. The third-order valence-corrected chi connectivity index (χ3v) is 8.75. The van der Waals surface area contributed by atoms with Crippen LogP contribution in [0.4, 0.5) is 0 Å². The van der Waals surface area contributed by atoms with Crippen LogP contribution in [0.25, 0.3) is 27.9 Å². The maximum Gasteiger partial charge on any atom is 0.174 e. The Morgan fingerprint density at radius 1 is 1.14 bits per heavy atom. The molecular formula is C28H30N4OS2. The Morgan fingerprint density at radius 2 is 2.00 bits per heavy atom. The molecule has 5 rings (SSSR count). The molecule has 1 aliphatic rings. The summed E-state index contributed by atoms with van der Waals surface area (Å²) in [4.78, 5) is 30.6. The van der Waals surface area contributed by atoms with Gasteiger partial charge in [-0.25, -0.2) is 15.0 Å². The lowest BCUT2D eigenvalue weighted by Crippen LogP contribution is -2.09. The van der Waals surface area contributed by atoms with Gasteiger partial charge in [-0.05, 0) is 54.4 Å². The number of nitrogens with zero attached hydrogens (tertiary/aromatic N) is 3. The highest BCUT2D eigenvalue weighted by molar-refractivity contribution is 7.99. The number of aromatic nitrogens is 4. The molecule has 3 aromatic heterocycles. The minimum Gasteiger partial charge on any atom is -0.339 e. The monoisotopic (exact) mass is 502 g/mol. The van der Waals surface area contributed by atoms with E-state index in [4.69, 9.17) is 0 Å². The Kier molecular flexibility index (Phi) is 6.64. The van der Waals surface area contributed by atoms with Crippen molar-refractivity contribution in [3.05, 3.63) is 69.6 Å². The van der Waals surface area contributed by atoms with E-state index in [-0.39, 0.29) is 11.2 Å². The van der Waals surface area contributed by atoms with Gasteiger partial charge in [0.05, 0.1) is 15.6 Å². The van der Waals surface area contributed by atoms with E-state index in [1.165, 1.54) is 28.0 Å². The van der Waals surface area contributed by atoms with Gasteiger partial charge in [-0.3, -0.25) is 4.79 Å². The summed E-state index contributed by atoms with van der Waals surface area (Å²) in [6.45, 7) is 8.48. The van der Waals surface area contributed by atoms with Crippen molar-refractivity contribution in [3.63, 3.8) is 0 Å². The molecule has 35 heavy (non-hydrogen) atoms. The molecule has 1 N–H and O–H groups in total. The largest absolute Gasteiger partial charge is 0.339 e. The lowest BCUT2D eigenvalue weighted by Gasteiger charge is -2.13. The van der Waals surface area contributed by atoms with Gasteiger partial charge < -0.3 is 4.98 Å². The van der Waals surface area contributed by atoms with Crippen LogP contribution in [-0.4, -0.2) is 37.2 Å². The van der Waals surface area contributed by atoms with Crippen LogP contribution in [0.5, 0.6) is 0 Å². The van der Waals surface area contributed by atoms with E-state index in [1.807, 2.05) is 11.8 Å². The lowest BCUT2D eigenvalue weighted by atomic mass is 9.98. The van der Waals surface area contributed by atoms with Crippen LogP contribution in [0.15, 0.2) is 42.9 Å². The van der Waals surface area contributed by atoms with Crippen LogP contribution >= 0.6 is 23.1 Å². The third-order valence-electron chi connectivity index (χ3n) is 6.39. The number of benzene rings is 1. The first-order valence-electron chi connectivity index (χ1n) is 12.0. The SMILES string of the molecule is Cc1cc(-c2ncnc3[nH]c(C4=CCSCC4)cc23)ccc1CCC(=O)c1cnc(C(C)(C)C)s1. The highest BCUT2D eigenvalue weighted by Crippen LogP contribution is 2.32. The second kappa shape index (κ2) is 9.70. The average Bonchev–Trinajstić information content (AvgIpc) is 3.51. The Balaban J connectivity index is 1.34. The molecular weight excluding hydrogens is 472 g/mol. The van der Waals surface area contributed by atoms with E-state index in [1.54, 1.807) is 12.5 Å². The number of thiazole rings is 1. The van der Waals surface area contributed by atoms with Crippen molar-refractivity contribution in [2.75, 3.05) is 11.5 Å². The summed E-state index contributed by atoms with van der Waals surface area (Å²) in [5.41, 5.74) is 7.71. The van der Waals surface area contributed by atoms with Crippen molar-refractivity contribution in [1.29, 1.82) is 0 Å². The van der Waals surface area contributed by atoms with E-state index in [0.29, 0.717) is 12.8 Å². The van der Waals surface area contributed by atoms with Gasteiger partial charge in [0.25, 0.3) is 0 Å². The van der Waals surface area contributed by atoms with E-state index < -0.39 is 0 Å². The molecule has 0 spiro atoms. The van der Waals surface area contributed by atoms with Gasteiger partial charge in [-0.15, -0.1) is 11.3 Å². The standard InChI is InChI=1S/C28H30N4OS2/c1-17-13-20(6-5-18(17)7-8-23(33)24-15-29-27(35-24)28(2,3)4)25-21-14-22(19-9-11-34-12-10-19)32-26(21)31-16-30-25/h5-6,9,13-16H,7-8,10-12H2,1-4H3,(H,30,31,32). The van der Waals surface area contributed by atoms with Crippen molar-refractivity contribution in [2.45, 2.75) is 52.4 Å². The van der Waals surface area contributed by atoms with Gasteiger partial charge in [0.15, 0.2) is 5.78 Å². The second-order valence-electron chi connectivity index (χ2n) is 10.1. The fourth-order valence-electron chi connectivity index (χ4n) is 4.36. The molecule has 4 aromatic rings. The highest BCUT2D eigenvalue weighted by Gasteiger charge is 2.20. The van der Waals surface area contributed by atoms with Gasteiger partial charge in [0.2, 0.25) is 0 Å². The molecule has 0 aliphatic carbocycles. The molecule has 0 radical (unpaired) electrons. The molecule has 0 unspecified atom stereocenters. The Morgan fingerprint density at radius 3 is 2.71 bits per heavy atom. The van der Waals surface area contributed by atoms with Gasteiger partial charge in [-0.2, -0.15) is 11.8 Å². The van der Waals surface area contributed by atoms with Crippen LogP contribution in [0.1, 0.15) is 65.1 Å². The molecule has 1 aliphatic heterocycles. The van der Waals surface area contributed by atoms with Crippen molar-refractivity contribution in [1.82, 2.24) is 19.9 Å². The number of fused-ring (bicyclic) bond motifs is 1. The molecule has 0 saturated carbocycles. The lowest BCUT2D eigenvalue weighted by molar-refractivity contribution is 0.0986. The van der Waals surface area contributed by atoms with Crippen LogP contribution in [0.3, 0.4) is 0 Å². The third kappa shape index (κ3) is 5.11. The number of allylic oxidation sites excluding steroid dienone is 1. The van der Waals surface area contributed by atoms with E-state index in [0.717, 1.165) is 55.8 Å². The fraction of sp³-hybridized carbons (Fsp3) is 0.357. The number of ketones is 1. The van der Waals surface area contributed by atoms with Gasteiger partial charge in [0.1, 0.15) is 12.0 Å². The molecule has 1 aromatic carbocycles. The van der Waals surface area contributed by atoms with Gasteiger partial charge in [-0.1, -0.05) is 39.0 Å². The number of carbonyl (C=O) groups excluding carboxylic acids is 1. The van der Waals surface area contributed by atoms with Crippen molar-refractivity contribution in [3.8, 4) is 11.3 Å². The Labute approximate surface area is 214 Å². The minimum atomic E-state index is -0.0331. The predicted molar refractivity (Wildman–Crippen MR) is 147 cm³/mol. The number of thioether (sulfide) groups is 1. The van der Waals surface area contributed by atoms with Crippen molar-refractivity contribution < 1.29 is 4.79 Å². The number of carbonyl (C=O) groups is 1. The zero-order chi connectivity index (χ0) is 24.6. The highest BCUT2D eigenvalue weighted by atomic mass is 32.2. The molecule has 0 atom stereocenters. The van der Waals surface area contributed by atoms with Gasteiger partial charge >= 0.3 is 0 Å². The number of H-pyrrole nitrogens is 1. The zero-order valence-electron chi connectivity index (χ0n) is 20.6. The first-order chi connectivity index (χ1) is 16.8. The second-order valence-corrected chi connectivity index (χ2v) is 12.2. The zero-order valence-corrected chi connectivity index (χ0v) is 22.3. The topological polar surface area (TPSA) is 71.5 Å².